The molecule has 0 bridgehead atoms. The molecule has 0 aromatic heterocycles. The quantitative estimate of drug-likeness (QED) is 0.0212. The van der Waals surface area contributed by atoms with Gasteiger partial charge in [0.25, 0.3) is 7.82 Å². The van der Waals surface area contributed by atoms with E-state index in [9.17, 15) is 19.0 Å². The number of ether oxygens (including phenoxy) is 1. The Labute approximate surface area is 502 Å². The van der Waals surface area contributed by atoms with Crippen molar-refractivity contribution >= 4 is 19.7 Å². The molecule has 0 aromatic rings. The minimum absolute atomic E-state index is 0.0219. The summed E-state index contributed by atoms with van der Waals surface area (Å²) in [4.78, 5) is 40.1. The lowest BCUT2D eigenvalue weighted by molar-refractivity contribution is -0.870. The van der Waals surface area contributed by atoms with E-state index in [1.807, 2.05) is 33.3 Å². The lowest BCUT2D eigenvalue weighted by atomic mass is 10.0. The standard InChI is InChI=1S/C71H133N2O7P/c1-7-10-13-16-19-22-25-27-29-31-32-33-34-35-36-37-38-39-40-42-44-46-49-52-55-58-61-64-71(75)80-69(62-59-56-53-50-47-24-21-18-15-12-9-3)68(67-79-81(76,77)78-66-65-73(4,5)6)72-70(74)63-60-57-54-51-48-45-43-41-30-28-26-23-20-17-14-11-8-2/h19,22,27,29,32-33,35-36,59,62,68-69H,7-18,20-21,23-26,28,30-31,34,37-58,60-61,63-67H2,1-6H3,(H-,72,74,76,77)/b22-19-,29-27-,33-32-,36-35-,62-59+. The topological polar surface area (TPSA) is 114 Å². The average Bonchev–Trinajstić information content (AvgIpc) is 3.44. The highest BCUT2D eigenvalue weighted by atomic mass is 31.2. The van der Waals surface area contributed by atoms with E-state index < -0.39 is 20.0 Å². The number of nitrogens with zero attached hydrogens (tertiary/aromatic N) is 1. The molecular weight excluding hydrogens is 1020 g/mol. The summed E-state index contributed by atoms with van der Waals surface area (Å²) in [5, 5.41) is 3.04. The number of hydrogen-bond donors (Lipinski definition) is 1. The van der Waals surface area contributed by atoms with Crippen molar-refractivity contribution in [2.45, 2.75) is 341 Å². The number of quaternary nitrogens is 1. The molecule has 0 aliphatic carbocycles. The van der Waals surface area contributed by atoms with Crippen LogP contribution in [-0.4, -0.2) is 69.4 Å². The average molecular weight is 1160 g/mol. The molecule has 1 amide bonds. The van der Waals surface area contributed by atoms with Crippen LogP contribution in [0.3, 0.4) is 0 Å². The second kappa shape index (κ2) is 60.8. The molecule has 10 heteroatoms. The van der Waals surface area contributed by atoms with E-state index in [1.165, 1.54) is 218 Å². The maximum Gasteiger partial charge on any atom is 0.306 e. The number of carbonyl (C=O) groups is 2. The van der Waals surface area contributed by atoms with Crippen molar-refractivity contribution < 1.29 is 37.3 Å². The number of nitrogens with one attached hydrogen (secondary N) is 1. The van der Waals surface area contributed by atoms with Crippen molar-refractivity contribution in [1.82, 2.24) is 5.32 Å². The van der Waals surface area contributed by atoms with E-state index in [1.54, 1.807) is 0 Å². The van der Waals surface area contributed by atoms with Gasteiger partial charge < -0.3 is 28.5 Å². The van der Waals surface area contributed by atoms with E-state index in [-0.39, 0.29) is 31.5 Å². The molecule has 474 valence electrons. The molecular formula is C71H133N2O7P. The number of hydrogen-bond acceptors (Lipinski definition) is 7. The van der Waals surface area contributed by atoms with Crippen LogP contribution in [0.5, 0.6) is 0 Å². The summed E-state index contributed by atoms with van der Waals surface area (Å²) in [6.07, 6.45) is 77.7. The molecule has 0 radical (unpaired) electrons. The number of esters is 1. The van der Waals surface area contributed by atoms with Gasteiger partial charge in [0.05, 0.1) is 33.8 Å². The van der Waals surface area contributed by atoms with Crippen molar-refractivity contribution in [1.29, 1.82) is 0 Å². The third-order valence-electron chi connectivity index (χ3n) is 15.5. The van der Waals surface area contributed by atoms with Gasteiger partial charge in [0.15, 0.2) is 0 Å². The molecule has 0 aliphatic heterocycles. The van der Waals surface area contributed by atoms with Crippen molar-refractivity contribution in [3.8, 4) is 0 Å². The van der Waals surface area contributed by atoms with Crippen LogP contribution in [0.1, 0.15) is 329 Å². The van der Waals surface area contributed by atoms with Crippen molar-refractivity contribution in [3.63, 3.8) is 0 Å². The van der Waals surface area contributed by atoms with Gasteiger partial charge in [-0.3, -0.25) is 14.2 Å². The highest BCUT2D eigenvalue weighted by molar-refractivity contribution is 7.45. The number of rotatable bonds is 63. The molecule has 81 heavy (non-hydrogen) atoms. The summed E-state index contributed by atoms with van der Waals surface area (Å²) < 4.78 is 30.4. The summed E-state index contributed by atoms with van der Waals surface area (Å²) in [5.74, 6) is -0.532. The number of phosphoric acid groups is 1. The highest BCUT2D eigenvalue weighted by Gasteiger charge is 2.27. The summed E-state index contributed by atoms with van der Waals surface area (Å²) in [5.41, 5.74) is 0. The molecule has 0 fully saturated rings. The third-order valence-corrected chi connectivity index (χ3v) is 16.4. The van der Waals surface area contributed by atoms with E-state index >= 15 is 0 Å². The summed E-state index contributed by atoms with van der Waals surface area (Å²) in [6.45, 7) is 6.85. The first-order valence-corrected chi connectivity index (χ1v) is 36.1. The Bertz CT molecular complexity index is 1570. The van der Waals surface area contributed by atoms with Crippen LogP contribution in [0.25, 0.3) is 0 Å². The largest absolute Gasteiger partial charge is 0.756 e. The van der Waals surface area contributed by atoms with Gasteiger partial charge in [-0.15, -0.1) is 0 Å². The molecule has 0 spiro atoms. The first kappa shape index (κ1) is 78.7. The van der Waals surface area contributed by atoms with Crippen LogP contribution in [0.15, 0.2) is 60.8 Å². The van der Waals surface area contributed by atoms with Crippen LogP contribution in [0.2, 0.25) is 0 Å². The minimum Gasteiger partial charge on any atom is -0.756 e. The van der Waals surface area contributed by atoms with Crippen LogP contribution < -0.4 is 10.2 Å². The number of likely N-dealkylation sites (N-methyl/N-ethyl adjacent to an activating group) is 1. The Balaban J connectivity index is 5.01. The fourth-order valence-electron chi connectivity index (χ4n) is 10.1. The van der Waals surface area contributed by atoms with Gasteiger partial charge in [-0.1, -0.05) is 300 Å². The molecule has 0 saturated heterocycles. The Morgan fingerprint density at radius 1 is 0.432 bits per heavy atom. The third kappa shape index (κ3) is 62.1. The van der Waals surface area contributed by atoms with Crippen LogP contribution in [0, 0.1) is 0 Å². The van der Waals surface area contributed by atoms with E-state index in [0.717, 1.165) is 77.0 Å². The van der Waals surface area contributed by atoms with Crippen LogP contribution in [0.4, 0.5) is 0 Å². The molecule has 0 heterocycles. The normalized spacial score (nSPS) is 13.9. The van der Waals surface area contributed by atoms with E-state index in [4.69, 9.17) is 13.8 Å². The number of phosphoric ester groups is 1. The Morgan fingerprint density at radius 3 is 1.15 bits per heavy atom. The summed E-state index contributed by atoms with van der Waals surface area (Å²) in [7, 11) is 1.19. The van der Waals surface area contributed by atoms with Crippen LogP contribution in [-0.2, 0) is 27.9 Å². The second-order valence-corrected chi connectivity index (χ2v) is 26.1. The molecule has 0 rings (SSSR count). The first-order valence-electron chi connectivity index (χ1n) is 34.6. The van der Waals surface area contributed by atoms with Gasteiger partial charge in [0.2, 0.25) is 5.91 Å². The fourth-order valence-corrected chi connectivity index (χ4v) is 10.8. The number of carbonyl (C=O) groups excluding carboxylic acids is 2. The van der Waals surface area contributed by atoms with Gasteiger partial charge in [-0.25, -0.2) is 0 Å². The van der Waals surface area contributed by atoms with E-state index in [2.05, 4.69) is 74.7 Å². The second-order valence-electron chi connectivity index (χ2n) is 24.7. The maximum atomic E-state index is 13.6. The summed E-state index contributed by atoms with van der Waals surface area (Å²) >= 11 is 0. The van der Waals surface area contributed by atoms with Gasteiger partial charge in [-0.05, 0) is 76.7 Å². The van der Waals surface area contributed by atoms with Gasteiger partial charge in [-0.2, -0.15) is 0 Å². The van der Waals surface area contributed by atoms with Gasteiger partial charge in [0, 0.05) is 12.8 Å². The molecule has 0 aromatic carbocycles. The molecule has 0 aliphatic rings. The van der Waals surface area contributed by atoms with Gasteiger partial charge in [0.1, 0.15) is 19.3 Å². The zero-order valence-electron chi connectivity index (χ0n) is 54.2. The fraction of sp³-hybridized carbons (Fsp3) is 0.831. The Hall–Kier alpha value is -2.29. The molecule has 1 N–H and O–H groups in total. The predicted octanol–water partition coefficient (Wildman–Crippen LogP) is 21.2. The SMILES string of the molecule is CCCCC/C=C\C/C=C\C/C=C\C/C=C\CCCCCCCCCCCCCC(=O)OC(/C=C/CCCCCCCCCCC)C(COP(=O)([O-])OCC[N+](C)(C)C)NC(=O)CCCCCCCCCCCCCCCCCCC. The predicted molar refractivity (Wildman–Crippen MR) is 349 cm³/mol. The highest BCUT2D eigenvalue weighted by Crippen LogP contribution is 2.38. The summed E-state index contributed by atoms with van der Waals surface area (Å²) in [6, 6.07) is -0.888. The zero-order valence-corrected chi connectivity index (χ0v) is 55.1. The number of unbranched alkanes of at least 4 members (excludes halogenated alkanes) is 39. The lowest BCUT2D eigenvalue weighted by Gasteiger charge is -2.30. The van der Waals surface area contributed by atoms with Crippen molar-refractivity contribution in [2.75, 3.05) is 40.9 Å². The van der Waals surface area contributed by atoms with E-state index in [0.29, 0.717) is 17.4 Å². The maximum absolute atomic E-state index is 13.6. The Morgan fingerprint density at radius 2 is 0.753 bits per heavy atom. The number of amides is 1. The Kier molecular flexibility index (Phi) is 59.1. The molecule has 3 unspecified atom stereocenters. The lowest BCUT2D eigenvalue weighted by Crippen LogP contribution is -2.47. The van der Waals surface area contributed by atoms with Crippen LogP contribution >= 0.6 is 7.82 Å². The monoisotopic (exact) mass is 1160 g/mol. The first-order chi connectivity index (χ1) is 39.4. The van der Waals surface area contributed by atoms with Crippen molar-refractivity contribution in [3.05, 3.63) is 60.8 Å². The smallest absolute Gasteiger partial charge is 0.306 e. The molecule has 9 nitrogen and oxygen atoms in total. The number of allylic oxidation sites excluding steroid dienone is 9. The minimum atomic E-state index is -4.70. The van der Waals surface area contributed by atoms with Gasteiger partial charge >= 0.3 is 5.97 Å². The van der Waals surface area contributed by atoms with Crippen molar-refractivity contribution in [2.24, 2.45) is 0 Å². The molecule has 3 atom stereocenters. The zero-order chi connectivity index (χ0) is 59.3. The molecule has 0 saturated carbocycles.